The monoisotopic (exact) mass is 671 g/mol. The molecule has 9 rings (SSSR count). The van der Waals surface area contributed by atoms with Crippen LogP contribution in [-0.4, -0.2) is 10.8 Å². The molecule has 2 N–H and O–H groups in total. The lowest BCUT2D eigenvalue weighted by Gasteiger charge is -2.11. The Morgan fingerprint density at radius 2 is 1.27 bits per heavy atom. The largest absolute Gasteiger partial charge is 0.383 e. The second-order valence-corrected chi connectivity index (χ2v) is 13.8. The van der Waals surface area contributed by atoms with Gasteiger partial charge < -0.3 is 5.73 Å². The number of aliphatic imine (C=N–C) groups is 1. The Morgan fingerprint density at radius 1 is 0.588 bits per heavy atom. The van der Waals surface area contributed by atoms with E-state index in [4.69, 9.17) is 15.7 Å². The molecule has 0 spiro atoms. The molecule has 242 valence electrons. The van der Waals surface area contributed by atoms with Crippen molar-refractivity contribution in [3.05, 3.63) is 193 Å². The van der Waals surface area contributed by atoms with Crippen molar-refractivity contribution in [2.45, 2.75) is 6.42 Å². The summed E-state index contributed by atoms with van der Waals surface area (Å²) in [5.41, 5.74) is 15.9. The second kappa shape index (κ2) is 13.2. The van der Waals surface area contributed by atoms with Crippen LogP contribution in [0.1, 0.15) is 16.7 Å². The minimum absolute atomic E-state index is 0.503. The summed E-state index contributed by atoms with van der Waals surface area (Å²) < 4.78 is 2.57. The van der Waals surface area contributed by atoms with Crippen molar-refractivity contribution < 1.29 is 0 Å². The summed E-state index contributed by atoms with van der Waals surface area (Å²) in [6.07, 6.45) is 2.89. The zero-order valence-corrected chi connectivity index (χ0v) is 28.6. The third-order valence-electron chi connectivity index (χ3n) is 9.53. The highest BCUT2D eigenvalue weighted by Crippen LogP contribution is 2.45. The van der Waals surface area contributed by atoms with Crippen molar-refractivity contribution in [3.8, 4) is 22.4 Å². The van der Waals surface area contributed by atoms with E-state index in [0.29, 0.717) is 5.84 Å². The van der Waals surface area contributed by atoms with Crippen LogP contribution in [0, 0.1) is 0 Å². The average molecular weight is 672 g/mol. The summed E-state index contributed by atoms with van der Waals surface area (Å²) in [6, 6.07) is 59.5. The summed E-state index contributed by atoms with van der Waals surface area (Å²) in [4.78, 5) is 10.2. The van der Waals surface area contributed by atoms with Crippen LogP contribution in [0.15, 0.2) is 181 Å². The number of amidine groups is 1. The quantitative estimate of drug-likeness (QED) is 0.104. The molecule has 0 unspecified atom stereocenters. The molecule has 0 bridgehead atoms. The van der Waals surface area contributed by atoms with Crippen molar-refractivity contribution in [1.29, 1.82) is 0 Å². The maximum Gasteiger partial charge on any atom is 0.131 e. The first-order chi connectivity index (χ1) is 25.2. The summed E-state index contributed by atoms with van der Waals surface area (Å²) in [5.74, 6) is 0.503. The van der Waals surface area contributed by atoms with Crippen LogP contribution in [0.25, 0.3) is 69.9 Å². The molecule has 2 heterocycles. The van der Waals surface area contributed by atoms with Gasteiger partial charge in [0.15, 0.2) is 0 Å². The molecule has 51 heavy (non-hydrogen) atoms. The van der Waals surface area contributed by atoms with Gasteiger partial charge in [-0.3, -0.25) is 0 Å². The summed E-state index contributed by atoms with van der Waals surface area (Å²) in [7, 11) is 0. The van der Waals surface area contributed by atoms with Gasteiger partial charge in [-0.1, -0.05) is 158 Å². The van der Waals surface area contributed by atoms with Gasteiger partial charge in [0.25, 0.3) is 0 Å². The molecule has 0 amide bonds. The molecule has 7 aromatic carbocycles. The van der Waals surface area contributed by atoms with Crippen LogP contribution < -0.4 is 5.73 Å². The van der Waals surface area contributed by atoms with Crippen LogP contribution in [0.5, 0.6) is 0 Å². The normalized spacial score (nSPS) is 12.3. The molecule has 0 aliphatic rings. The van der Waals surface area contributed by atoms with E-state index >= 15 is 0 Å². The Balaban J connectivity index is 1.08. The predicted molar refractivity (Wildman–Crippen MR) is 218 cm³/mol. The average Bonchev–Trinajstić information content (AvgIpc) is 3.59. The maximum absolute atomic E-state index is 6.45. The molecule has 0 aliphatic carbocycles. The highest BCUT2D eigenvalue weighted by Gasteiger charge is 2.18. The van der Waals surface area contributed by atoms with Crippen LogP contribution in [0.4, 0.5) is 0 Å². The van der Waals surface area contributed by atoms with Crippen LogP contribution in [0.3, 0.4) is 0 Å². The number of rotatable bonds is 7. The first-order valence-corrected chi connectivity index (χ1v) is 18.0. The van der Waals surface area contributed by atoms with E-state index in [1.807, 2.05) is 59.9 Å². The fourth-order valence-electron chi connectivity index (χ4n) is 6.97. The van der Waals surface area contributed by atoms with Crippen LogP contribution >= 0.6 is 11.3 Å². The van der Waals surface area contributed by atoms with E-state index in [1.165, 1.54) is 41.9 Å². The minimum atomic E-state index is 0.503. The maximum atomic E-state index is 6.45. The number of aromatic nitrogens is 1. The number of benzene rings is 7. The molecule has 0 saturated heterocycles. The second-order valence-electron chi connectivity index (χ2n) is 12.7. The SMILES string of the molecule is NC(=N/C(=C\Cc1ccc(-c2cccc(-c3nc4ccc5ccccc5c4c4sc5ccccc5c34)c2)cc1)c1ccccc1)c1ccccc1. The summed E-state index contributed by atoms with van der Waals surface area (Å²) >= 11 is 1.86. The van der Waals surface area contributed by atoms with Gasteiger partial charge in [0.05, 0.1) is 16.9 Å². The molecule has 0 radical (unpaired) electrons. The number of nitrogens with two attached hydrogens (primary N) is 1. The molecule has 0 fully saturated rings. The highest BCUT2D eigenvalue weighted by atomic mass is 32.1. The predicted octanol–water partition coefficient (Wildman–Crippen LogP) is 12.1. The van der Waals surface area contributed by atoms with Crippen LogP contribution in [0.2, 0.25) is 0 Å². The first-order valence-electron chi connectivity index (χ1n) is 17.2. The van der Waals surface area contributed by atoms with Crippen molar-refractivity contribution >= 4 is 64.7 Å². The minimum Gasteiger partial charge on any atom is -0.383 e. The zero-order valence-electron chi connectivity index (χ0n) is 27.8. The fourth-order valence-corrected chi connectivity index (χ4v) is 8.24. The van der Waals surface area contributed by atoms with Gasteiger partial charge in [-0.25, -0.2) is 9.98 Å². The van der Waals surface area contributed by atoms with Gasteiger partial charge in [-0.2, -0.15) is 0 Å². The van der Waals surface area contributed by atoms with E-state index in [0.717, 1.165) is 51.1 Å². The molecule has 3 nitrogen and oxygen atoms in total. The van der Waals surface area contributed by atoms with Crippen molar-refractivity contribution in [1.82, 2.24) is 4.98 Å². The Morgan fingerprint density at radius 3 is 2.08 bits per heavy atom. The van der Waals surface area contributed by atoms with E-state index in [-0.39, 0.29) is 0 Å². The van der Waals surface area contributed by atoms with Gasteiger partial charge in [0.1, 0.15) is 5.84 Å². The van der Waals surface area contributed by atoms with Gasteiger partial charge in [0, 0.05) is 36.7 Å². The van der Waals surface area contributed by atoms with E-state index in [2.05, 4.69) is 127 Å². The lowest BCUT2D eigenvalue weighted by Crippen LogP contribution is -2.13. The summed E-state index contributed by atoms with van der Waals surface area (Å²) in [5, 5.41) is 6.19. The van der Waals surface area contributed by atoms with E-state index < -0.39 is 0 Å². The molecule has 2 aromatic heterocycles. The zero-order chi connectivity index (χ0) is 34.1. The Kier molecular flexibility index (Phi) is 7.92. The lowest BCUT2D eigenvalue weighted by atomic mass is 9.96. The number of allylic oxidation sites excluding steroid dienone is 1. The molecule has 4 heteroatoms. The van der Waals surface area contributed by atoms with Crippen LogP contribution in [-0.2, 0) is 6.42 Å². The molecular formula is C47H33N3S. The molecule has 0 atom stereocenters. The number of hydrogen-bond donors (Lipinski definition) is 1. The molecule has 0 saturated carbocycles. The number of hydrogen-bond acceptors (Lipinski definition) is 3. The fraction of sp³-hybridized carbons (Fsp3) is 0.0213. The Labute approximate surface area is 300 Å². The molecular weight excluding hydrogens is 639 g/mol. The standard InChI is InChI=1S/C47H33N3S/c48-47(35-15-5-2-6-16-35)50-40(34-13-3-1-4-14-34)28-24-31-22-25-32(26-23-31)36-17-11-18-37(30-36)45-44-39-20-9-10-21-42(39)51-46(44)43-38-19-8-7-12-33(38)27-29-41(43)49-45/h1-23,25-30H,24H2,(H2,48,50)/b40-28-. The van der Waals surface area contributed by atoms with Crippen molar-refractivity contribution in [2.75, 3.05) is 0 Å². The van der Waals surface area contributed by atoms with Crippen molar-refractivity contribution in [3.63, 3.8) is 0 Å². The number of fused-ring (bicyclic) bond motifs is 7. The van der Waals surface area contributed by atoms with Crippen molar-refractivity contribution in [2.24, 2.45) is 10.7 Å². The van der Waals surface area contributed by atoms with Gasteiger partial charge in [-0.15, -0.1) is 11.3 Å². The van der Waals surface area contributed by atoms with Gasteiger partial charge in [-0.05, 0) is 57.6 Å². The van der Waals surface area contributed by atoms with Gasteiger partial charge in [0.2, 0.25) is 0 Å². The highest BCUT2D eigenvalue weighted by molar-refractivity contribution is 7.27. The first kappa shape index (κ1) is 30.7. The third kappa shape index (κ3) is 5.86. The lowest BCUT2D eigenvalue weighted by molar-refractivity contribution is 1.26. The number of thiophene rings is 1. The summed E-state index contributed by atoms with van der Waals surface area (Å²) in [6.45, 7) is 0. The Bertz CT molecular complexity index is 2760. The Hall–Kier alpha value is -6.36. The smallest absolute Gasteiger partial charge is 0.131 e. The molecule has 0 aliphatic heterocycles. The van der Waals surface area contributed by atoms with E-state index in [1.54, 1.807) is 0 Å². The van der Waals surface area contributed by atoms with E-state index in [9.17, 15) is 0 Å². The number of nitrogens with zero attached hydrogens (tertiary/aromatic N) is 2. The topological polar surface area (TPSA) is 51.3 Å². The molecule has 9 aromatic rings. The third-order valence-corrected chi connectivity index (χ3v) is 10.7. The number of pyridine rings is 1. The van der Waals surface area contributed by atoms with Gasteiger partial charge >= 0.3 is 0 Å².